The summed E-state index contributed by atoms with van der Waals surface area (Å²) in [7, 11) is 0. The summed E-state index contributed by atoms with van der Waals surface area (Å²) >= 11 is 12.1. The Kier molecular flexibility index (Phi) is 3.29. The SMILES string of the molecule is Cc1ccc2c(c1)OC(c1ccc(Cl)cc1Cl)CN2. The molecule has 0 spiro atoms. The smallest absolute Gasteiger partial charge is 0.143 e. The summed E-state index contributed by atoms with van der Waals surface area (Å²) in [5, 5.41) is 4.63. The van der Waals surface area contributed by atoms with E-state index in [9.17, 15) is 0 Å². The van der Waals surface area contributed by atoms with E-state index in [0.29, 0.717) is 16.6 Å². The minimum absolute atomic E-state index is 0.0981. The van der Waals surface area contributed by atoms with E-state index in [-0.39, 0.29) is 6.10 Å². The summed E-state index contributed by atoms with van der Waals surface area (Å²) in [4.78, 5) is 0. The van der Waals surface area contributed by atoms with E-state index in [0.717, 1.165) is 17.0 Å². The third-order valence-electron chi connectivity index (χ3n) is 3.19. The average molecular weight is 294 g/mol. The van der Waals surface area contributed by atoms with E-state index in [1.54, 1.807) is 6.07 Å². The van der Waals surface area contributed by atoms with Crippen molar-refractivity contribution in [1.82, 2.24) is 0 Å². The van der Waals surface area contributed by atoms with Crippen LogP contribution in [0.1, 0.15) is 17.2 Å². The van der Waals surface area contributed by atoms with Crippen LogP contribution in [0.25, 0.3) is 0 Å². The quantitative estimate of drug-likeness (QED) is 0.812. The van der Waals surface area contributed by atoms with Crippen LogP contribution < -0.4 is 10.1 Å². The van der Waals surface area contributed by atoms with Crippen LogP contribution in [0, 0.1) is 6.92 Å². The molecule has 0 radical (unpaired) electrons. The van der Waals surface area contributed by atoms with Crippen LogP contribution in [-0.4, -0.2) is 6.54 Å². The second-order valence-corrected chi connectivity index (χ2v) is 5.50. The standard InChI is InChI=1S/C15H13Cl2NO/c1-9-2-5-13-14(6-9)19-15(8-18-13)11-4-3-10(16)7-12(11)17/h2-7,15,18H,8H2,1H3. The minimum atomic E-state index is -0.0981. The molecule has 2 nitrogen and oxygen atoms in total. The molecular formula is C15H13Cl2NO. The van der Waals surface area contributed by atoms with Gasteiger partial charge in [0.05, 0.1) is 12.2 Å². The molecule has 98 valence electrons. The van der Waals surface area contributed by atoms with Gasteiger partial charge >= 0.3 is 0 Å². The summed E-state index contributed by atoms with van der Waals surface area (Å²) < 4.78 is 6.03. The van der Waals surface area contributed by atoms with Crippen LogP contribution >= 0.6 is 23.2 Å². The van der Waals surface area contributed by atoms with E-state index < -0.39 is 0 Å². The second kappa shape index (κ2) is 4.95. The molecule has 0 aromatic heterocycles. The highest BCUT2D eigenvalue weighted by atomic mass is 35.5. The van der Waals surface area contributed by atoms with Gasteiger partial charge in [-0.05, 0) is 36.8 Å². The van der Waals surface area contributed by atoms with Gasteiger partial charge in [0.25, 0.3) is 0 Å². The van der Waals surface area contributed by atoms with Crippen molar-refractivity contribution in [3.05, 3.63) is 57.6 Å². The fourth-order valence-electron chi connectivity index (χ4n) is 2.21. The van der Waals surface area contributed by atoms with Gasteiger partial charge in [-0.1, -0.05) is 35.3 Å². The van der Waals surface area contributed by atoms with Crippen LogP contribution in [0.2, 0.25) is 10.0 Å². The highest BCUT2D eigenvalue weighted by molar-refractivity contribution is 6.35. The first-order valence-electron chi connectivity index (χ1n) is 6.09. The Morgan fingerprint density at radius 2 is 2.00 bits per heavy atom. The number of halogens is 2. The van der Waals surface area contributed by atoms with Gasteiger partial charge in [-0.25, -0.2) is 0 Å². The predicted molar refractivity (Wildman–Crippen MR) is 79.5 cm³/mol. The van der Waals surface area contributed by atoms with Crippen molar-refractivity contribution >= 4 is 28.9 Å². The first-order chi connectivity index (χ1) is 9.13. The fourth-order valence-corrected chi connectivity index (χ4v) is 2.74. The van der Waals surface area contributed by atoms with Crippen molar-refractivity contribution in [2.75, 3.05) is 11.9 Å². The maximum atomic E-state index is 6.23. The minimum Gasteiger partial charge on any atom is -0.482 e. The molecule has 19 heavy (non-hydrogen) atoms. The highest BCUT2D eigenvalue weighted by Gasteiger charge is 2.22. The Bertz CT molecular complexity index is 628. The lowest BCUT2D eigenvalue weighted by atomic mass is 10.1. The molecule has 0 fully saturated rings. The molecule has 1 aliphatic heterocycles. The van der Waals surface area contributed by atoms with Crippen molar-refractivity contribution in [2.45, 2.75) is 13.0 Å². The lowest BCUT2D eigenvalue weighted by molar-refractivity contribution is 0.210. The number of ether oxygens (including phenoxy) is 1. The zero-order chi connectivity index (χ0) is 13.4. The monoisotopic (exact) mass is 293 g/mol. The van der Waals surface area contributed by atoms with Crippen LogP contribution in [0.3, 0.4) is 0 Å². The van der Waals surface area contributed by atoms with Gasteiger partial charge in [-0.2, -0.15) is 0 Å². The second-order valence-electron chi connectivity index (χ2n) is 4.65. The molecule has 1 unspecified atom stereocenters. The maximum absolute atomic E-state index is 6.23. The number of rotatable bonds is 1. The Hall–Kier alpha value is -1.38. The molecule has 3 rings (SSSR count). The molecule has 2 aromatic rings. The largest absolute Gasteiger partial charge is 0.482 e. The van der Waals surface area contributed by atoms with Gasteiger partial charge in [0.1, 0.15) is 11.9 Å². The zero-order valence-electron chi connectivity index (χ0n) is 10.4. The lowest BCUT2D eigenvalue weighted by Gasteiger charge is -2.28. The van der Waals surface area contributed by atoms with Crippen LogP contribution in [-0.2, 0) is 0 Å². The summed E-state index contributed by atoms with van der Waals surface area (Å²) in [6.45, 7) is 2.74. The summed E-state index contributed by atoms with van der Waals surface area (Å²) in [6, 6.07) is 11.6. The lowest BCUT2D eigenvalue weighted by Crippen LogP contribution is -2.23. The molecule has 0 bridgehead atoms. The van der Waals surface area contributed by atoms with Crippen molar-refractivity contribution in [1.29, 1.82) is 0 Å². The van der Waals surface area contributed by atoms with Gasteiger partial charge in [-0.15, -0.1) is 0 Å². The van der Waals surface area contributed by atoms with Crippen LogP contribution in [0.4, 0.5) is 5.69 Å². The number of hydrogen-bond donors (Lipinski definition) is 1. The number of benzene rings is 2. The first kappa shape index (κ1) is 12.6. The molecule has 0 aliphatic carbocycles. The Morgan fingerprint density at radius 1 is 1.16 bits per heavy atom. The van der Waals surface area contributed by atoms with E-state index in [2.05, 4.69) is 11.4 Å². The molecule has 1 atom stereocenters. The maximum Gasteiger partial charge on any atom is 0.143 e. The zero-order valence-corrected chi connectivity index (χ0v) is 11.9. The number of hydrogen-bond acceptors (Lipinski definition) is 2. The normalized spacial score (nSPS) is 17.3. The molecule has 0 saturated carbocycles. The first-order valence-corrected chi connectivity index (χ1v) is 6.85. The van der Waals surface area contributed by atoms with E-state index in [1.165, 1.54) is 5.56 Å². The Labute approximate surface area is 122 Å². The van der Waals surface area contributed by atoms with Crippen LogP contribution in [0.5, 0.6) is 5.75 Å². The van der Waals surface area contributed by atoms with Crippen molar-refractivity contribution < 1.29 is 4.74 Å². The van der Waals surface area contributed by atoms with Gasteiger partial charge in [0.15, 0.2) is 0 Å². The van der Waals surface area contributed by atoms with Crippen molar-refractivity contribution in [3.63, 3.8) is 0 Å². The number of anilines is 1. The Morgan fingerprint density at radius 3 is 2.79 bits per heavy atom. The van der Waals surface area contributed by atoms with E-state index in [1.807, 2.05) is 31.2 Å². The highest BCUT2D eigenvalue weighted by Crippen LogP contribution is 2.37. The fraction of sp³-hybridized carbons (Fsp3) is 0.200. The topological polar surface area (TPSA) is 21.3 Å². The molecule has 0 amide bonds. The van der Waals surface area contributed by atoms with Gasteiger partial charge in [-0.3, -0.25) is 0 Å². The summed E-state index contributed by atoms with van der Waals surface area (Å²) in [5.74, 6) is 0.863. The average Bonchev–Trinajstić information content (AvgIpc) is 2.38. The molecular weight excluding hydrogens is 281 g/mol. The van der Waals surface area contributed by atoms with E-state index in [4.69, 9.17) is 27.9 Å². The molecule has 2 aromatic carbocycles. The van der Waals surface area contributed by atoms with Crippen molar-refractivity contribution in [3.8, 4) is 5.75 Å². The van der Waals surface area contributed by atoms with Gasteiger partial charge in [0.2, 0.25) is 0 Å². The third kappa shape index (κ3) is 2.51. The number of fused-ring (bicyclic) bond motifs is 1. The molecule has 1 N–H and O–H groups in total. The van der Waals surface area contributed by atoms with Crippen LogP contribution in [0.15, 0.2) is 36.4 Å². The molecule has 4 heteroatoms. The number of aryl methyl sites for hydroxylation is 1. The molecule has 1 aliphatic rings. The third-order valence-corrected chi connectivity index (χ3v) is 3.76. The van der Waals surface area contributed by atoms with Crippen molar-refractivity contribution in [2.24, 2.45) is 0 Å². The summed E-state index contributed by atoms with van der Waals surface area (Å²) in [5.41, 5.74) is 3.14. The predicted octanol–water partition coefficient (Wildman–Crippen LogP) is 4.85. The molecule has 0 saturated heterocycles. The van der Waals surface area contributed by atoms with Gasteiger partial charge in [0, 0.05) is 15.6 Å². The Balaban J connectivity index is 1.93. The number of nitrogens with one attached hydrogen (secondary N) is 1. The van der Waals surface area contributed by atoms with Gasteiger partial charge < -0.3 is 10.1 Å². The molecule has 1 heterocycles. The summed E-state index contributed by atoms with van der Waals surface area (Å²) in [6.07, 6.45) is -0.0981. The van der Waals surface area contributed by atoms with E-state index >= 15 is 0 Å².